The second-order valence-corrected chi connectivity index (χ2v) is 7.33. The maximum atomic E-state index is 12.7. The van der Waals surface area contributed by atoms with Crippen molar-refractivity contribution >= 4 is 17.4 Å². The van der Waals surface area contributed by atoms with Crippen molar-refractivity contribution in [1.82, 2.24) is 4.57 Å². The Morgan fingerprint density at radius 2 is 1.71 bits per heavy atom. The fourth-order valence-corrected chi connectivity index (χ4v) is 3.63. The molecule has 0 saturated heterocycles. The number of nitrogens with one attached hydrogen (secondary N) is 1. The number of ether oxygens (including phenoxy) is 2. The van der Waals surface area contributed by atoms with Gasteiger partial charge in [-0.3, -0.25) is 4.79 Å². The SMILES string of the molecule is CNc1ccccc1C(=O)OCC(=O)c1cc(C)n(CCc2ccc(OC)cc2)c1C. The molecule has 1 aromatic heterocycles. The van der Waals surface area contributed by atoms with Crippen molar-refractivity contribution in [1.29, 1.82) is 0 Å². The molecule has 0 aliphatic carbocycles. The first kappa shape index (κ1) is 22.2. The number of methoxy groups -OCH3 is 1. The summed E-state index contributed by atoms with van der Waals surface area (Å²) in [6, 6.07) is 16.9. The Morgan fingerprint density at radius 3 is 2.39 bits per heavy atom. The van der Waals surface area contributed by atoms with E-state index in [4.69, 9.17) is 9.47 Å². The molecule has 0 radical (unpaired) electrons. The number of anilines is 1. The van der Waals surface area contributed by atoms with Crippen LogP contribution in [0.15, 0.2) is 54.6 Å². The second-order valence-electron chi connectivity index (χ2n) is 7.33. The molecule has 1 N–H and O–H groups in total. The van der Waals surface area contributed by atoms with E-state index in [1.165, 1.54) is 5.56 Å². The summed E-state index contributed by atoms with van der Waals surface area (Å²) < 4.78 is 12.6. The maximum Gasteiger partial charge on any atom is 0.340 e. The molecule has 0 fully saturated rings. The lowest BCUT2D eigenvalue weighted by Crippen LogP contribution is -2.16. The predicted molar refractivity (Wildman–Crippen MR) is 121 cm³/mol. The van der Waals surface area contributed by atoms with E-state index in [0.717, 1.165) is 30.1 Å². The number of benzene rings is 2. The van der Waals surface area contributed by atoms with Crippen LogP contribution < -0.4 is 10.1 Å². The fraction of sp³-hybridized carbons (Fsp3) is 0.280. The van der Waals surface area contributed by atoms with Gasteiger partial charge in [0.05, 0.1) is 12.7 Å². The molecule has 162 valence electrons. The van der Waals surface area contributed by atoms with E-state index in [1.54, 1.807) is 32.4 Å². The van der Waals surface area contributed by atoms with Crippen LogP contribution in [-0.4, -0.2) is 37.1 Å². The van der Waals surface area contributed by atoms with Gasteiger partial charge in [-0.05, 0) is 56.2 Å². The number of aromatic nitrogens is 1. The van der Waals surface area contributed by atoms with Crippen LogP contribution >= 0.6 is 0 Å². The molecule has 0 unspecified atom stereocenters. The van der Waals surface area contributed by atoms with E-state index >= 15 is 0 Å². The van der Waals surface area contributed by atoms with Gasteiger partial charge in [0, 0.05) is 36.2 Å². The minimum atomic E-state index is -0.522. The van der Waals surface area contributed by atoms with Gasteiger partial charge in [-0.25, -0.2) is 4.79 Å². The Bertz CT molecular complexity index is 1070. The smallest absolute Gasteiger partial charge is 0.340 e. The van der Waals surface area contributed by atoms with Crippen LogP contribution in [0.3, 0.4) is 0 Å². The van der Waals surface area contributed by atoms with E-state index in [1.807, 2.05) is 50.2 Å². The summed E-state index contributed by atoms with van der Waals surface area (Å²) >= 11 is 0. The molecular formula is C25H28N2O4. The van der Waals surface area contributed by atoms with Crippen LogP contribution in [0.2, 0.25) is 0 Å². The van der Waals surface area contributed by atoms with E-state index in [-0.39, 0.29) is 12.4 Å². The van der Waals surface area contributed by atoms with Crippen LogP contribution in [-0.2, 0) is 17.7 Å². The lowest BCUT2D eigenvalue weighted by molar-refractivity contribution is 0.0475. The van der Waals surface area contributed by atoms with Gasteiger partial charge >= 0.3 is 5.97 Å². The normalized spacial score (nSPS) is 10.6. The van der Waals surface area contributed by atoms with Crippen molar-refractivity contribution in [3.05, 3.63) is 82.7 Å². The molecule has 0 aliphatic heterocycles. The number of Topliss-reactive ketones (excluding diaryl/α,β-unsaturated/α-hetero) is 1. The second kappa shape index (κ2) is 9.98. The third kappa shape index (κ3) is 5.15. The number of hydrogen-bond donors (Lipinski definition) is 1. The highest BCUT2D eigenvalue weighted by molar-refractivity contribution is 6.01. The minimum Gasteiger partial charge on any atom is -0.497 e. The average molecular weight is 421 g/mol. The van der Waals surface area contributed by atoms with E-state index in [9.17, 15) is 9.59 Å². The number of nitrogens with zero attached hydrogens (tertiary/aromatic N) is 1. The highest BCUT2D eigenvalue weighted by Crippen LogP contribution is 2.19. The van der Waals surface area contributed by atoms with Gasteiger partial charge in [0.1, 0.15) is 5.75 Å². The number of esters is 1. The zero-order valence-corrected chi connectivity index (χ0v) is 18.4. The first-order chi connectivity index (χ1) is 14.9. The molecule has 0 atom stereocenters. The molecule has 0 spiro atoms. The molecule has 0 saturated carbocycles. The standard InChI is InChI=1S/C25H28N2O4/c1-17-15-22(18(2)27(17)14-13-19-9-11-20(30-4)12-10-19)24(28)16-31-25(29)21-7-5-6-8-23(21)26-3/h5-12,15,26H,13-14,16H2,1-4H3. The summed E-state index contributed by atoms with van der Waals surface area (Å²) in [5.74, 6) is 0.0996. The van der Waals surface area contributed by atoms with Gasteiger partial charge in [0.15, 0.2) is 6.61 Å². The molecule has 6 nitrogen and oxygen atoms in total. The Labute approximate surface area is 182 Å². The Morgan fingerprint density at radius 1 is 1.00 bits per heavy atom. The van der Waals surface area contributed by atoms with Gasteiger partial charge in [0.2, 0.25) is 5.78 Å². The third-order valence-corrected chi connectivity index (χ3v) is 5.41. The summed E-state index contributed by atoms with van der Waals surface area (Å²) in [4.78, 5) is 25.1. The summed E-state index contributed by atoms with van der Waals surface area (Å²) in [6.45, 7) is 4.37. The first-order valence-corrected chi connectivity index (χ1v) is 10.2. The van der Waals surface area contributed by atoms with Crippen LogP contribution in [0.25, 0.3) is 0 Å². The number of carbonyl (C=O) groups excluding carboxylic acids is 2. The van der Waals surface area contributed by atoms with Gasteiger partial charge in [0.25, 0.3) is 0 Å². The molecule has 0 aliphatic rings. The number of aryl methyl sites for hydroxylation is 2. The largest absolute Gasteiger partial charge is 0.497 e. The van der Waals surface area contributed by atoms with Gasteiger partial charge < -0.3 is 19.4 Å². The quantitative estimate of drug-likeness (QED) is 0.409. The van der Waals surface area contributed by atoms with Gasteiger partial charge in [-0.15, -0.1) is 0 Å². The van der Waals surface area contributed by atoms with Crippen LogP contribution in [0.1, 0.15) is 37.7 Å². The summed E-state index contributed by atoms with van der Waals surface area (Å²) in [5.41, 5.74) is 4.73. The minimum absolute atomic E-state index is 0.209. The van der Waals surface area contributed by atoms with E-state index in [2.05, 4.69) is 9.88 Å². The lowest BCUT2D eigenvalue weighted by atomic mass is 10.1. The molecule has 31 heavy (non-hydrogen) atoms. The average Bonchev–Trinajstić information content (AvgIpc) is 3.09. The zero-order chi connectivity index (χ0) is 22.4. The lowest BCUT2D eigenvalue weighted by Gasteiger charge is -2.11. The highest BCUT2D eigenvalue weighted by Gasteiger charge is 2.19. The van der Waals surface area contributed by atoms with E-state index in [0.29, 0.717) is 16.8 Å². The molecule has 2 aromatic carbocycles. The number of rotatable bonds is 9. The maximum absolute atomic E-state index is 12.7. The monoisotopic (exact) mass is 420 g/mol. The highest BCUT2D eigenvalue weighted by atomic mass is 16.5. The molecule has 3 aromatic rings. The zero-order valence-electron chi connectivity index (χ0n) is 18.4. The van der Waals surface area contributed by atoms with Crippen molar-refractivity contribution in [3.63, 3.8) is 0 Å². The van der Waals surface area contributed by atoms with Crippen molar-refractivity contribution < 1.29 is 19.1 Å². The number of carbonyl (C=O) groups is 2. The number of ketones is 1. The summed E-state index contributed by atoms with van der Waals surface area (Å²) in [6.07, 6.45) is 0.837. The van der Waals surface area contributed by atoms with Crippen molar-refractivity contribution in [2.75, 3.05) is 26.1 Å². The van der Waals surface area contributed by atoms with Crippen LogP contribution in [0.5, 0.6) is 5.75 Å². The summed E-state index contributed by atoms with van der Waals surface area (Å²) in [5, 5.41) is 2.95. The Hall–Kier alpha value is -3.54. The molecule has 3 rings (SSSR count). The van der Waals surface area contributed by atoms with E-state index < -0.39 is 5.97 Å². The Balaban J connectivity index is 1.64. The first-order valence-electron chi connectivity index (χ1n) is 10.2. The van der Waals surface area contributed by atoms with Crippen molar-refractivity contribution in [3.8, 4) is 5.75 Å². The molecule has 6 heteroatoms. The molecule has 1 heterocycles. The molecule has 0 bridgehead atoms. The van der Waals surface area contributed by atoms with Gasteiger partial charge in [-0.1, -0.05) is 24.3 Å². The Kier molecular flexibility index (Phi) is 7.13. The van der Waals surface area contributed by atoms with Crippen LogP contribution in [0, 0.1) is 13.8 Å². The number of hydrogen-bond acceptors (Lipinski definition) is 5. The fourth-order valence-electron chi connectivity index (χ4n) is 3.63. The van der Waals surface area contributed by atoms with Crippen molar-refractivity contribution in [2.45, 2.75) is 26.8 Å². The summed E-state index contributed by atoms with van der Waals surface area (Å²) in [7, 11) is 3.38. The third-order valence-electron chi connectivity index (χ3n) is 5.41. The van der Waals surface area contributed by atoms with Gasteiger partial charge in [-0.2, -0.15) is 0 Å². The molecule has 0 amide bonds. The topological polar surface area (TPSA) is 69.6 Å². The molecular weight excluding hydrogens is 392 g/mol. The predicted octanol–water partition coefficient (Wildman–Crippen LogP) is 4.44. The number of para-hydroxylation sites is 1. The van der Waals surface area contributed by atoms with Crippen LogP contribution in [0.4, 0.5) is 5.69 Å². The van der Waals surface area contributed by atoms with Crippen molar-refractivity contribution in [2.24, 2.45) is 0 Å².